The summed E-state index contributed by atoms with van der Waals surface area (Å²) in [5.41, 5.74) is 3.80. The van der Waals surface area contributed by atoms with Gasteiger partial charge in [0.05, 0.1) is 11.3 Å². The Hall–Kier alpha value is -2.10. The monoisotopic (exact) mass is 323 g/mol. The van der Waals surface area contributed by atoms with E-state index in [0.717, 1.165) is 23.2 Å². The van der Waals surface area contributed by atoms with E-state index in [-0.39, 0.29) is 11.8 Å². The minimum Gasteiger partial charge on any atom is -0.322 e. The van der Waals surface area contributed by atoms with Crippen LogP contribution in [0, 0.1) is 11.8 Å². The number of benzene rings is 1. The second-order valence-electron chi connectivity index (χ2n) is 7.64. The highest BCUT2D eigenvalue weighted by molar-refractivity contribution is 6.05. The Morgan fingerprint density at radius 2 is 2.04 bits per heavy atom. The molecule has 4 nitrogen and oxygen atoms in total. The number of hydrogen-bond acceptors (Lipinski definition) is 2. The Balaban J connectivity index is 1.56. The molecule has 4 heteroatoms. The van der Waals surface area contributed by atoms with Crippen LogP contribution in [0.4, 0.5) is 5.69 Å². The van der Waals surface area contributed by atoms with Gasteiger partial charge in [-0.25, -0.2) is 0 Å². The van der Waals surface area contributed by atoms with Gasteiger partial charge in [0, 0.05) is 18.9 Å². The molecule has 0 bridgehead atoms. The van der Waals surface area contributed by atoms with Gasteiger partial charge in [-0.3, -0.25) is 9.48 Å². The van der Waals surface area contributed by atoms with Crippen LogP contribution in [0.2, 0.25) is 0 Å². The van der Waals surface area contributed by atoms with Crippen molar-refractivity contribution in [2.45, 2.75) is 44.9 Å². The van der Waals surface area contributed by atoms with Gasteiger partial charge in [0.1, 0.15) is 0 Å². The average Bonchev–Trinajstić information content (AvgIpc) is 3.44. The molecule has 2 aliphatic rings. The highest BCUT2D eigenvalue weighted by atomic mass is 16.1. The number of para-hydroxylation sites is 1. The van der Waals surface area contributed by atoms with Gasteiger partial charge in [0.15, 0.2) is 0 Å². The molecule has 24 heavy (non-hydrogen) atoms. The summed E-state index contributed by atoms with van der Waals surface area (Å²) in [5, 5.41) is 7.59. The van der Waals surface area contributed by atoms with Crippen LogP contribution in [0.3, 0.4) is 0 Å². The van der Waals surface area contributed by atoms with Gasteiger partial charge in [-0.15, -0.1) is 0 Å². The summed E-state index contributed by atoms with van der Waals surface area (Å²) >= 11 is 0. The minimum absolute atomic E-state index is 0.0529. The van der Waals surface area contributed by atoms with Gasteiger partial charge >= 0.3 is 0 Å². The average molecular weight is 323 g/mol. The number of aryl methyl sites for hydroxylation is 1. The van der Waals surface area contributed by atoms with Crippen LogP contribution < -0.4 is 5.32 Å². The van der Waals surface area contributed by atoms with Gasteiger partial charge in [-0.2, -0.15) is 5.10 Å². The third-order valence-corrected chi connectivity index (χ3v) is 5.32. The van der Waals surface area contributed by atoms with E-state index < -0.39 is 0 Å². The molecular weight excluding hydrogens is 298 g/mol. The molecule has 0 aliphatic heterocycles. The zero-order chi connectivity index (χ0) is 16.8. The zero-order valence-electron chi connectivity index (χ0n) is 14.6. The maximum absolute atomic E-state index is 12.8. The molecule has 1 N–H and O–H groups in total. The topological polar surface area (TPSA) is 46.9 Å². The Morgan fingerprint density at radius 1 is 1.29 bits per heavy atom. The number of nitrogens with zero attached hydrogens (tertiary/aromatic N) is 2. The number of nitrogens with one attached hydrogen (secondary N) is 1. The number of amides is 1. The first kappa shape index (κ1) is 15.4. The Kier molecular flexibility index (Phi) is 3.70. The number of carbonyl (C=O) groups is 1. The fraction of sp³-hybridized carbons (Fsp3) is 0.500. The molecule has 0 spiro atoms. The predicted octanol–water partition coefficient (Wildman–Crippen LogP) is 4.31. The molecule has 0 radical (unpaired) electrons. The minimum atomic E-state index is -0.0529. The fourth-order valence-electron chi connectivity index (χ4n) is 3.85. The van der Waals surface area contributed by atoms with Crippen LogP contribution in [0.25, 0.3) is 0 Å². The van der Waals surface area contributed by atoms with Crippen LogP contribution in [-0.2, 0) is 7.05 Å². The van der Waals surface area contributed by atoms with Crippen molar-refractivity contribution >= 4 is 11.6 Å². The van der Waals surface area contributed by atoms with Crippen LogP contribution in [0.5, 0.6) is 0 Å². The molecule has 1 heterocycles. The van der Waals surface area contributed by atoms with Crippen LogP contribution >= 0.6 is 0 Å². The number of rotatable bonds is 5. The van der Waals surface area contributed by atoms with E-state index in [1.807, 2.05) is 25.4 Å². The van der Waals surface area contributed by atoms with Gasteiger partial charge in [-0.1, -0.05) is 32.0 Å². The van der Waals surface area contributed by atoms with Gasteiger partial charge in [0.25, 0.3) is 5.91 Å². The maximum Gasteiger partial charge on any atom is 0.259 e. The van der Waals surface area contributed by atoms with E-state index in [1.165, 1.54) is 24.8 Å². The standard InChI is InChI=1S/C20H25N3O/c1-12(2)19-17(11-23(3)22-19)20(24)21-18-7-5-4-6-14(18)16-10-15(16)13-8-9-13/h4-7,11-13,15-16H,8-10H2,1-3H3,(H,21,24). The highest BCUT2D eigenvalue weighted by Crippen LogP contribution is 2.60. The van der Waals surface area contributed by atoms with Gasteiger partial charge < -0.3 is 5.32 Å². The zero-order valence-corrected chi connectivity index (χ0v) is 14.6. The van der Waals surface area contributed by atoms with Gasteiger partial charge in [-0.05, 0) is 54.6 Å². The molecule has 1 aromatic heterocycles. The van der Waals surface area contributed by atoms with Gasteiger partial charge in [0.2, 0.25) is 0 Å². The second-order valence-corrected chi connectivity index (χ2v) is 7.64. The molecular formula is C20H25N3O. The number of anilines is 1. The van der Waals surface area contributed by atoms with Crippen molar-refractivity contribution in [3.05, 3.63) is 47.3 Å². The van der Waals surface area contributed by atoms with Crippen LogP contribution in [0.15, 0.2) is 30.5 Å². The molecule has 126 valence electrons. The first-order chi connectivity index (χ1) is 11.5. The first-order valence-electron chi connectivity index (χ1n) is 8.98. The quantitative estimate of drug-likeness (QED) is 0.891. The van der Waals surface area contributed by atoms with E-state index in [9.17, 15) is 4.79 Å². The van der Waals surface area contributed by atoms with Crippen molar-refractivity contribution in [1.82, 2.24) is 9.78 Å². The normalized spacial score (nSPS) is 22.7. The molecule has 1 aromatic carbocycles. The molecule has 2 unspecified atom stereocenters. The van der Waals surface area contributed by atoms with Crippen molar-refractivity contribution in [1.29, 1.82) is 0 Å². The summed E-state index contributed by atoms with van der Waals surface area (Å²) in [6.07, 6.45) is 5.88. The lowest BCUT2D eigenvalue weighted by atomic mass is 10.0. The van der Waals surface area contributed by atoms with E-state index in [4.69, 9.17) is 0 Å². The summed E-state index contributed by atoms with van der Waals surface area (Å²) in [4.78, 5) is 12.8. The lowest BCUT2D eigenvalue weighted by Gasteiger charge is -2.12. The summed E-state index contributed by atoms with van der Waals surface area (Å²) in [7, 11) is 1.86. The smallest absolute Gasteiger partial charge is 0.259 e. The highest BCUT2D eigenvalue weighted by Gasteiger charge is 2.48. The second kappa shape index (κ2) is 5.76. The van der Waals surface area contributed by atoms with Crippen molar-refractivity contribution in [3.8, 4) is 0 Å². The van der Waals surface area contributed by atoms with E-state index in [0.29, 0.717) is 11.5 Å². The third kappa shape index (κ3) is 2.85. The molecule has 2 atom stereocenters. The van der Waals surface area contributed by atoms with E-state index in [2.05, 4.69) is 36.4 Å². The third-order valence-electron chi connectivity index (χ3n) is 5.32. The largest absolute Gasteiger partial charge is 0.322 e. The maximum atomic E-state index is 12.8. The SMILES string of the molecule is CC(C)c1nn(C)cc1C(=O)Nc1ccccc1C1CC1C1CC1. The van der Waals surface area contributed by atoms with Crippen molar-refractivity contribution in [3.63, 3.8) is 0 Å². The number of carbonyl (C=O) groups excluding carboxylic acids is 1. The lowest BCUT2D eigenvalue weighted by molar-refractivity contribution is 0.102. The Labute approximate surface area is 143 Å². The van der Waals surface area contributed by atoms with Crippen molar-refractivity contribution < 1.29 is 4.79 Å². The van der Waals surface area contributed by atoms with E-state index >= 15 is 0 Å². The predicted molar refractivity (Wildman–Crippen MR) is 95.3 cm³/mol. The number of hydrogen-bond donors (Lipinski definition) is 1. The van der Waals surface area contributed by atoms with Crippen molar-refractivity contribution in [2.75, 3.05) is 5.32 Å². The molecule has 2 aromatic rings. The van der Waals surface area contributed by atoms with Crippen molar-refractivity contribution in [2.24, 2.45) is 18.9 Å². The summed E-state index contributed by atoms with van der Waals surface area (Å²) in [5.74, 6) is 2.58. The molecule has 4 rings (SSSR count). The fourth-order valence-corrected chi connectivity index (χ4v) is 3.85. The van der Waals surface area contributed by atoms with Crippen LogP contribution in [0.1, 0.15) is 66.6 Å². The molecule has 1 amide bonds. The Bertz CT molecular complexity index is 773. The van der Waals surface area contributed by atoms with E-state index in [1.54, 1.807) is 4.68 Å². The Morgan fingerprint density at radius 3 is 2.75 bits per heavy atom. The van der Waals surface area contributed by atoms with Crippen LogP contribution in [-0.4, -0.2) is 15.7 Å². The molecule has 2 fully saturated rings. The summed E-state index contributed by atoms with van der Waals surface area (Å²) in [6, 6.07) is 8.29. The molecule has 2 saturated carbocycles. The number of aromatic nitrogens is 2. The molecule has 0 saturated heterocycles. The summed E-state index contributed by atoms with van der Waals surface area (Å²) in [6.45, 7) is 4.13. The lowest BCUT2D eigenvalue weighted by Crippen LogP contribution is -2.15. The molecule has 2 aliphatic carbocycles. The first-order valence-corrected chi connectivity index (χ1v) is 8.98. The summed E-state index contributed by atoms with van der Waals surface area (Å²) < 4.78 is 1.72.